The SMILES string of the molecule is CC[C@H](C)c1ccc(N=Cc2ccc(OCC(=O)O)c(Cl)c2)cc1. The van der Waals surface area contributed by atoms with Crippen molar-refractivity contribution < 1.29 is 14.6 Å². The zero-order valence-corrected chi connectivity index (χ0v) is 14.5. The molecule has 0 aromatic heterocycles. The molecule has 126 valence electrons. The van der Waals surface area contributed by atoms with Gasteiger partial charge in [-0.1, -0.05) is 37.6 Å². The summed E-state index contributed by atoms with van der Waals surface area (Å²) in [6, 6.07) is 13.3. The van der Waals surface area contributed by atoms with Gasteiger partial charge >= 0.3 is 5.97 Å². The highest BCUT2D eigenvalue weighted by molar-refractivity contribution is 6.32. The van der Waals surface area contributed by atoms with E-state index >= 15 is 0 Å². The van der Waals surface area contributed by atoms with Gasteiger partial charge in [0, 0.05) is 6.21 Å². The van der Waals surface area contributed by atoms with E-state index in [2.05, 4.69) is 31.0 Å². The highest BCUT2D eigenvalue weighted by atomic mass is 35.5. The number of aliphatic carboxylic acids is 1. The summed E-state index contributed by atoms with van der Waals surface area (Å²) in [5, 5.41) is 8.96. The molecule has 1 N–H and O–H groups in total. The second-order valence-electron chi connectivity index (χ2n) is 5.53. The second kappa shape index (κ2) is 8.50. The van der Waals surface area contributed by atoms with Crippen LogP contribution >= 0.6 is 11.6 Å². The van der Waals surface area contributed by atoms with Crippen LogP contribution in [0.5, 0.6) is 5.75 Å². The molecule has 2 rings (SSSR count). The molecule has 0 fully saturated rings. The summed E-state index contributed by atoms with van der Waals surface area (Å²) < 4.78 is 5.09. The highest BCUT2D eigenvalue weighted by Crippen LogP contribution is 2.25. The maximum atomic E-state index is 10.5. The molecular weight excluding hydrogens is 326 g/mol. The van der Waals surface area contributed by atoms with Crippen LogP contribution in [0.2, 0.25) is 5.02 Å². The van der Waals surface area contributed by atoms with Crippen LogP contribution in [0.1, 0.15) is 37.3 Å². The van der Waals surface area contributed by atoms with Crippen LogP contribution in [-0.2, 0) is 4.79 Å². The molecule has 0 saturated heterocycles. The molecule has 1 atom stereocenters. The molecule has 0 aliphatic rings. The molecule has 24 heavy (non-hydrogen) atoms. The van der Waals surface area contributed by atoms with Crippen LogP contribution in [0, 0.1) is 0 Å². The van der Waals surface area contributed by atoms with Crippen molar-refractivity contribution in [2.75, 3.05) is 6.61 Å². The zero-order chi connectivity index (χ0) is 17.5. The number of carboxylic acids is 1. The quantitative estimate of drug-likeness (QED) is 0.713. The van der Waals surface area contributed by atoms with E-state index in [4.69, 9.17) is 21.4 Å². The number of halogens is 1. The lowest BCUT2D eigenvalue weighted by Gasteiger charge is -2.08. The summed E-state index contributed by atoms with van der Waals surface area (Å²) in [4.78, 5) is 14.9. The third kappa shape index (κ3) is 5.10. The van der Waals surface area contributed by atoms with Crippen LogP contribution in [0.3, 0.4) is 0 Å². The summed E-state index contributed by atoms with van der Waals surface area (Å²) in [7, 11) is 0. The first-order valence-electron chi connectivity index (χ1n) is 7.77. The molecule has 0 bridgehead atoms. The van der Waals surface area contributed by atoms with Crippen molar-refractivity contribution in [3.8, 4) is 5.75 Å². The summed E-state index contributed by atoms with van der Waals surface area (Å²) in [6.45, 7) is 3.95. The van der Waals surface area contributed by atoms with Gasteiger partial charge < -0.3 is 9.84 Å². The fraction of sp³-hybridized carbons (Fsp3) is 0.263. The van der Waals surface area contributed by atoms with Gasteiger partial charge in [0.15, 0.2) is 6.61 Å². The highest BCUT2D eigenvalue weighted by Gasteiger charge is 2.05. The Bertz CT molecular complexity index is 726. The van der Waals surface area contributed by atoms with Crippen LogP contribution in [0.25, 0.3) is 0 Å². The predicted octanol–water partition coefficient (Wildman–Crippen LogP) is 5.07. The van der Waals surface area contributed by atoms with Gasteiger partial charge in [0.05, 0.1) is 10.7 Å². The number of ether oxygens (including phenoxy) is 1. The second-order valence-corrected chi connectivity index (χ2v) is 5.94. The standard InChI is InChI=1S/C19H20ClNO3/c1-3-13(2)15-5-7-16(8-6-15)21-11-14-4-9-18(17(20)10-14)24-12-19(22)23/h4-11,13H,3,12H2,1-2H3,(H,22,23)/t13-/m0/s1. The monoisotopic (exact) mass is 345 g/mol. The van der Waals surface area contributed by atoms with E-state index in [1.54, 1.807) is 24.4 Å². The van der Waals surface area contributed by atoms with E-state index in [0.29, 0.717) is 16.7 Å². The Morgan fingerprint density at radius 3 is 2.58 bits per heavy atom. The van der Waals surface area contributed by atoms with Crippen molar-refractivity contribution in [3.05, 3.63) is 58.6 Å². The fourth-order valence-electron chi connectivity index (χ4n) is 2.13. The van der Waals surface area contributed by atoms with Crippen LogP contribution in [0.4, 0.5) is 5.69 Å². The predicted molar refractivity (Wildman–Crippen MR) is 97.0 cm³/mol. The Labute approximate surface area is 146 Å². The van der Waals surface area contributed by atoms with Gasteiger partial charge in [-0.05, 0) is 53.8 Å². The first-order valence-corrected chi connectivity index (χ1v) is 8.15. The lowest BCUT2D eigenvalue weighted by Crippen LogP contribution is -2.09. The number of carbonyl (C=O) groups is 1. The minimum Gasteiger partial charge on any atom is -0.480 e. The number of rotatable bonds is 7. The van der Waals surface area contributed by atoms with Crippen molar-refractivity contribution in [3.63, 3.8) is 0 Å². The zero-order valence-electron chi connectivity index (χ0n) is 13.7. The lowest BCUT2D eigenvalue weighted by molar-refractivity contribution is -0.139. The Morgan fingerprint density at radius 1 is 1.29 bits per heavy atom. The van der Waals surface area contributed by atoms with Crippen LogP contribution in [0.15, 0.2) is 47.5 Å². The van der Waals surface area contributed by atoms with Crippen molar-refractivity contribution in [2.45, 2.75) is 26.2 Å². The first-order chi connectivity index (χ1) is 11.5. The summed E-state index contributed by atoms with van der Waals surface area (Å²) in [5.74, 6) is -0.160. The van der Waals surface area contributed by atoms with E-state index < -0.39 is 12.6 Å². The van der Waals surface area contributed by atoms with Gasteiger partial charge in [-0.15, -0.1) is 0 Å². The average molecular weight is 346 g/mol. The third-order valence-electron chi connectivity index (χ3n) is 3.74. The minimum absolute atomic E-state index is 0.342. The Balaban J connectivity index is 2.06. The fourth-order valence-corrected chi connectivity index (χ4v) is 2.37. The number of aliphatic imine (C=N–C) groups is 1. The minimum atomic E-state index is -1.04. The number of hydrogen-bond acceptors (Lipinski definition) is 3. The Kier molecular flexibility index (Phi) is 6.38. The summed E-state index contributed by atoms with van der Waals surface area (Å²) >= 11 is 6.09. The maximum Gasteiger partial charge on any atom is 0.341 e. The maximum absolute atomic E-state index is 10.5. The largest absolute Gasteiger partial charge is 0.480 e. The molecule has 0 amide bonds. The lowest BCUT2D eigenvalue weighted by atomic mass is 9.99. The van der Waals surface area contributed by atoms with E-state index in [0.717, 1.165) is 17.7 Å². The topological polar surface area (TPSA) is 58.9 Å². The van der Waals surface area contributed by atoms with Crippen molar-refractivity contribution in [1.29, 1.82) is 0 Å². The van der Waals surface area contributed by atoms with E-state index in [1.165, 1.54) is 5.56 Å². The molecule has 4 nitrogen and oxygen atoms in total. The van der Waals surface area contributed by atoms with Gasteiger partial charge in [0.1, 0.15) is 5.75 Å². The van der Waals surface area contributed by atoms with Crippen molar-refractivity contribution >= 4 is 29.5 Å². The van der Waals surface area contributed by atoms with Gasteiger partial charge in [0.2, 0.25) is 0 Å². The number of benzene rings is 2. The van der Waals surface area contributed by atoms with Crippen LogP contribution in [-0.4, -0.2) is 23.9 Å². The normalized spacial score (nSPS) is 12.3. The first kappa shape index (κ1) is 18.0. The third-order valence-corrected chi connectivity index (χ3v) is 4.04. The molecule has 0 aliphatic carbocycles. The van der Waals surface area contributed by atoms with E-state index in [-0.39, 0.29) is 0 Å². The van der Waals surface area contributed by atoms with Crippen molar-refractivity contribution in [2.24, 2.45) is 4.99 Å². The molecule has 0 aliphatic heterocycles. The Morgan fingerprint density at radius 2 is 2.00 bits per heavy atom. The van der Waals surface area contributed by atoms with Gasteiger partial charge in [-0.3, -0.25) is 4.99 Å². The molecule has 5 heteroatoms. The molecule has 2 aromatic rings. The molecular formula is C19H20ClNO3. The van der Waals surface area contributed by atoms with Crippen LogP contribution < -0.4 is 4.74 Å². The van der Waals surface area contributed by atoms with E-state index in [1.807, 2.05) is 12.1 Å². The van der Waals surface area contributed by atoms with E-state index in [9.17, 15) is 4.79 Å². The average Bonchev–Trinajstić information content (AvgIpc) is 2.58. The van der Waals surface area contributed by atoms with Gasteiger partial charge in [-0.25, -0.2) is 4.79 Å². The van der Waals surface area contributed by atoms with Gasteiger partial charge in [0.25, 0.3) is 0 Å². The number of hydrogen-bond donors (Lipinski definition) is 1. The van der Waals surface area contributed by atoms with Gasteiger partial charge in [-0.2, -0.15) is 0 Å². The molecule has 0 unspecified atom stereocenters. The summed E-state index contributed by atoms with van der Waals surface area (Å²) in [5.41, 5.74) is 2.98. The Hall–Kier alpha value is -2.33. The summed E-state index contributed by atoms with van der Waals surface area (Å²) in [6.07, 6.45) is 2.82. The molecule has 0 heterocycles. The smallest absolute Gasteiger partial charge is 0.341 e. The molecule has 0 spiro atoms. The molecule has 0 saturated carbocycles. The molecule has 0 radical (unpaired) electrons. The van der Waals surface area contributed by atoms with Crippen molar-refractivity contribution in [1.82, 2.24) is 0 Å². The number of carboxylic acid groups (broad SMARTS) is 1. The molecule has 2 aromatic carbocycles. The number of nitrogens with zero attached hydrogens (tertiary/aromatic N) is 1.